The number of ketones is 1. The molecule has 0 rings (SSSR count). The highest BCUT2D eigenvalue weighted by Crippen LogP contribution is 1.71. The van der Waals surface area contributed by atoms with Crippen LogP contribution in [-0.2, 0) is 19.1 Å². The molecule has 0 fully saturated rings. The van der Waals surface area contributed by atoms with Crippen molar-refractivity contribution in [1.29, 1.82) is 0 Å². The predicted molar refractivity (Wildman–Crippen MR) is 66.9 cm³/mol. The minimum atomic E-state index is -0.211. The van der Waals surface area contributed by atoms with Crippen LogP contribution in [0.2, 0.25) is 0 Å². The minimum absolute atomic E-state index is 0.133. The average molecular weight is 250 g/mol. The lowest BCUT2D eigenvalue weighted by Gasteiger charge is -1.91. The van der Waals surface area contributed by atoms with E-state index in [1.165, 1.54) is 6.92 Å². The maximum Gasteiger partial charge on any atom is 0.302 e. The summed E-state index contributed by atoms with van der Waals surface area (Å²) in [5.41, 5.74) is 0. The first-order valence-electron chi connectivity index (χ1n) is 5.77. The van der Waals surface area contributed by atoms with E-state index in [-0.39, 0.29) is 18.4 Å². The van der Waals surface area contributed by atoms with E-state index in [0.717, 1.165) is 0 Å². The number of Topliss-reactive ketones (excluding diaryl/α,β-unsaturated/α-hetero) is 1. The molecule has 17 heavy (non-hydrogen) atoms. The Morgan fingerprint density at radius 2 is 1.53 bits per heavy atom. The van der Waals surface area contributed by atoms with Crippen LogP contribution < -0.4 is 0 Å². The van der Waals surface area contributed by atoms with Gasteiger partial charge in [-0.2, -0.15) is 0 Å². The third-order valence-corrected chi connectivity index (χ3v) is 1.29. The van der Waals surface area contributed by atoms with Gasteiger partial charge in [-0.1, -0.05) is 6.92 Å². The number of carbonyl (C=O) groups is 2. The van der Waals surface area contributed by atoms with E-state index >= 15 is 0 Å². The summed E-state index contributed by atoms with van der Waals surface area (Å²) in [6.45, 7) is 10.3. The van der Waals surface area contributed by atoms with Crippen molar-refractivity contribution in [3.63, 3.8) is 0 Å². The number of carbonyl (C=O) groups excluding carboxylic acids is 2. The Balaban J connectivity index is -0.000000174. The largest absolute Gasteiger partial charge is 0.466 e. The third-order valence-electron chi connectivity index (χ3n) is 1.29. The fourth-order valence-electron chi connectivity index (χ4n) is 0.412. The van der Waals surface area contributed by atoms with Crippen LogP contribution in [0.25, 0.3) is 0 Å². The molecular weight excluding hydrogens is 224 g/mol. The van der Waals surface area contributed by atoms with Gasteiger partial charge in [-0.3, -0.25) is 4.79 Å². The Morgan fingerprint density at radius 1 is 1.06 bits per heavy atom. The Labute approximate surface area is 104 Å². The van der Waals surface area contributed by atoms with E-state index in [1.807, 2.05) is 13.8 Å². The first-order valence-corrected chi connectivity index (χ1v) is 5.77. The molecule has 0 bridgehead atoms. The van der Waals surface area contributed by atoms with Gasteiger partial charge < -0.3 is 19.4 Å². The van der Waals surface area contributed by atoms with E-state index in [2.05, 4.69) is 4.74 Å². The van der Waals surface area contributed by atoms with Gasteiger partial charge in [0.05, 0.1) is 19.8 Å². The van der Waals surface area contributed by atoms with Gasteiger partial charge in [0.2, 0.25) is 0 Å². The van der Waals surface area contributed by atoms with Gasteiger partial charge in [-0.25, -0.2) is 0 Å². The van der Waals surface area contributed by atoms with Crippen LogP contribution in [0, 0.1) is 0 Å². The van der Waals surface area contributed by atoms with E-state index in [0.29, 0.717) is 26.2 Å². The zero-order valence-corrected chi connectivity index (χ0v) is 11.6. The zero-order valence-electron chi connectivity index (χ0n) is 11.6. The molecule has 104 valence electrons. The summed E-state index contributed by atoms with van der Waals surface area (Å²) in [6, 6.07) is 0. The number of rotatable bonds is 5. The van der Waals surface area contributed by atoms with Crippen LogP contribution in [0.3, 0.4) is 0 Å². The molecule has 0 radical (unpaired) electrons. The summed E-state index contributed by atoms with van der Waals surface area (Å²) >= 11 is 0. The van der Waals surface area contributed by atoms with Gasteiger partial charge in [-0.15, -0.1) is 0 Å². The lowest BCUT2D eigenvalue weighted by atomic mass is 10.4. The molecule has 0 saturated carbocycles. The SMILES string of the molecule is CCC(C)=O.CCOC(C)=O.CCOCCO. The fourth-order valence-corrected chi connectivity index (χ4v) is 0.412. The molecule has 5 heteroatoms. The fraction of sp³-hybridized carbons (Fsp3) is 0.833. The van der Waals surface area contributed by atoms with Crippen LogP contribution in [-0.4, -0.2) is 43.3 Å². The molecular formula is C12H26O5. The van der Waals surface area contributed by atoms with Gasteiger partial charge >= 0.3 is 5.97 Å². The lowest BCUT2D eigenvalue weighted by Crippen LogP contribution is -1.96. The molecule has 0 aromatic carbocycles. The molecule has 0 aliphatic rings. The van der Waals surface area contributed by atoms with Crippen LogP contribution in [0.15, 0.2) is 0 Å². The summed E-state index contributed by atoms with van der Waals surface area (Å²) in [5, 5.41) is 8.07. The van der Waals surface area contributed by atoms with Crippen molar-refractivity contribution in [3.05, 3.63) is 0 Å². The quantitative estimate of drug-likeness (QED) is 0.592. The second-order valence-corrected chi connectivity index (χ2v) is 2.90. The highest BCUT2D eigenvalue weighted by molar-refractivity contribution is 5.74. The van der Waals surface area contributed by atoms with E-state index in [4.69, 9.17) is 9.84 Å². The standard InChI is InChI=1S/C4H8O2.C4H10O2.C4H8O/c1-3-6-4(2)5;1-2-6-4-3-5;1-3-4(2)5/h3H2,1-2H3;5H,2-4H2,1H3;3H2,1-2H3. The Bertz CT molecular complexity index is 164. The van der Waals surface area contributed by atoms with Crippen LogP contribution in [0.1, 0.15) is 41.0 Å². The Hall–Kier alpha value is -0.940. The van der Waals surface area contributed by atoms with Crippen LogP contribution in [0.4, 0.5) is 0 Å². The summed E-state index contributed by atoms with van der Waals surface area (Å²) in [5.74, 6) is 0.0440. The van der Waals surface area contributed by atoms with Crippen LogP contribution in [0.5, 0.6) is 0 Å². The van der Waals surface area contributed by atoms with E-state index in [1.54, 1.807) is 13.8 Å². The number of hydrogen-bond donors (Lipinski definition) is 1. The maximum atomic E-state index is 9.82. The number of hydrogen-bond acceptors (Lipinski definition) is 5. The summed E-state index contributed by atoms with van der Waals surface area (Å²) in [4.78, 5) is 19.6. The van der Waals surface area contributed by atoms with Gasteiger partial charge in [0, 0.05) is 20.0 Å². The molecule has 0 atom stereocenters. The van der Waals surface area contributed by atoms with Crippen molar-refractivity contribution in [1.82, 2.24) is 0 Å². The number of aliphatic hydroxyl groups is 1. The molecule has 5 nitrogen and oxygen atoms in total. The van der Waals surface area contributed by atoms with Crippen molar-refractivity contribution in [2.24, 2.45) is 0 Å². The van der Waals surface area contributed by atoms with Crippen LogP contribution >= 0.6 is 0 Å². The van der Waals surface area contributed by atoms with Gasteiger partial charge in [0.15, 0.2) is 0 Å². The van der Waals surface area contributed by atoms with Gasteiger partial charge in [0.1, 0.15) is 5.78 Å². The summed E-state index contributed by atoms with van der Waals surface area (Å²) in [7, 11) is 0. The lowest BCUT2D eigenvalue weighted by molar-refractivity contribution is -0.140. The molecule has 0 aliphatic carbocycles. The molecule has 1 N–H and O–H groups in total. The van der Waals surface area contributed by atoms with Gasteiger partial charge in [-0.05, 0) is 20.8 Å². The number of aliphatic hydroxyl groups excluding tert-OH is 1. The molecule has 0 amide bonds. The average Bonchev–Trinajstić information content (AvgIpc) is 2.27. The van der Waals surface area contributed by atoms with E-state index in [9.17, 15) is 9.59 Å². The Kier molecular flexibility index (Phi) is 25.7. The Morgan fingerprint density at radius 3 is 1.59 bits per heavy atom. The zero-order chi connectivity index (χ0) is 14.1. The third kappa shape index (κ3) is 51.5. The van der Waals surface area contributed by atoms with E-state index < -0.39 is 0 Å². The minimum Gasteiger partial charge on any atom is -0.466 e. The van der Waals surface area contributed by atoms with Crippen molar-refractivity contribution in [3.8, 4) is 0 Å². The van der Waals surface area contributed by atoms with Crippen molar-refractivity contribution in [2.45, 2.75) is 41.0 Å². The molecule has 0 saturated heterocycles. The molecule has 0 aromatic heterocycles. The maximum absolute atomic E-state index is 9.82. The smallest absolute Gasteiger partial charge is 0.302 e. The highest BCUT2D eigenvalue weighted by atomic mass is 16.5. The van der Waals surface area contributed by atoms with Gasteiger partial charge in [0.25, 0.3) is 0 Å². The number of ether oxygens (including phenoxy) is 2. The molecule has 0 unspecified atom stereocenters. The van der Waals surface area contributed by atoms with Crippen molar-refractivity contribution < 1.29 is 24.2 Å². The monoisotopic (exact) mass is 250 g/mol. The second kappa shape index (κ2) is 20.5. The predicted octanol–water partition coefficient (Wildman–Crippen LogP) is 1.57. The molecule has 0 aliphatic heterocycles. The molecule has 0 aromatic rings. The van der Waals surface area contributed by atoms with Crippen molar-refractivity contribution in [2.75, 3.05) is 26.4 Å². The normalized spacial score (nSPS) is 8.12. The topological polar surface area (TPSA) is 72.8 Å². The summed E-state index contributed by atoms with van der Waals surface area (Å²) < 4.78 is 9.14. The number of esters is 1. The molecule has 0 heterocycles. The first kappa shape index (κ1) is 21.4. The molecule has 0 spiro atoms. The summed E-state index contributed by atoms with van der Waals surface area (Å²) in [6.07, 6.45) is 0.667. The second-order valence-electron chi connectivity index (χ2n) is 2.90. The van der Waals surface area contributed by atoms with Crippen molar-refractivity contribution >= 4 is 11.8 Å². The highest BCUT2D eigenvalue weighted by Gasteiger charge is 1.81. The first-order chi connectivity index (χ1) is 7.95.